The summed E-state index contributed by atoms with van der Waals surface area (Å²) in [7, 11) is -8.20. The van der Waals surface area contributed by atoms with Crippen LogP contribution in [-0.2, 0) is 19.9 Å². The van der Waals surface area contributed by atoms with Gasteiger partial charge in [0, 0.05) is 37.8 Å². The molecule has 3 heterocycles. The van der Waals surface area contributed by atoms with Gasteiger partial charge < -0.3 is 9.80 Å². The van der Waals surface area contributed by atoms with E-state index >= 15 is 4.39 Å². The summed E-state index contributed by atoms with van der Waals surface area (Å²) in [5.41, 5.74) is -0.990. The van der Waals surface area contributed by atoms with Crippen LogP contribution in [0.2, 0.25) is 0 Å². The molecule has 2 aromatic carbocycles. The summed E-state index contributed by atoms with van der Waals surface area (Å²) in [5.74, 6) is -3.71. The summed E-state index contributed by atoms with van der Waals surface area (Å²) in [6, 6.07) is 6.80. The van der Waals surface area contributed by atoms with Crippen LogP contribution in [0.4, 0.5) is 29.2 Å². The summed E-state index contributed by atoms with van der Waals surface area (Å²) in [5, 5.41) is 3.37. The summed E-state index contributed by atoms with van der Waals surface area (Å²) in [6.07, 6.45) is 2.11. The number of nitrogens with zero attached hydrogens (tertiary/aromatic N) is 5. The monoisotopic (exact) mass is 623 g/mol. The predicted octanol–water partition coefficient (Wildman–Crippen LogP) is 4.27. The van der Waals surface area contributed by atoms with Gasteiger partial charge in [-0.15, -0.1) is 5.10 Å². The minimum absolute atomic E-state index is 0.0187. The Morgan fingerprint density at radius 1 is 0.833 bits per heavy atom. The second-order valence-corrected chi connectivity index (χ2v) is 15.0. The second kappa shape index (κ2) is 9.66. The normalized spacial score (nSPS) is 17.0. The lowest BCUT2D eigenvalue weighted by Crippen LogP contribution is -2.56. The fraction of sp³-hybridized carbons (Fsp3) is 0.333. The molecule has 1 aliphatic heterocycles. The molecule has 0 N–H and O–H groups in total. The first-order valence-electron chi connectivity index (χ1n) is 13.1. The quantitative estimate of drug-likeness (QED) is 0.294. The molecule has 42 heavy (non-hydrogen) atoms. The van der Waals surface area contributed by atoms with Crippen LogP contribution in [0.3, 0.4) is 0 Å². The summed E-state index contributed by atoms with van der Waals surface area (Å²) in [4.78, 5) is 6.89. The fourth-order valence-electron chi connectivity index (χ4n) is 5.37. The number of piperazine rings is 1. The number of sulfone groups is 1. The summed E-state index contributed by atoms with van der Waals surface area (Å²) < 4.78 is 111. The number of rotatable bonds is 6. The van der Waals surface area contributed by atoms with Crippen LogP contribution in [0, 0.1) is 23.3 Å². The zero-order chi connectivity index (χ0) is 30.2. The standard InChI is InChI=1S/C27H25F4N5O4S2/c1-16(2)41(37,38)19-3-5-20(6-4-19)42(39,40)36-23-13-17(28)11-21(30)24(23)26(33-36)35-10-9-34(15-27(35)7-8-27)25-22(31)12-18(29)14-32-25/h3-6,11-14,16H,7-10,15H2,1-2H3. The topological polar surface area (TPSA) is 105 Å². The lowest BCUT2D eigenvalue weighted by atomic mass is 10.1. The van der Waals surface area contributed by atoms with Crippen molar-refractivity contribution in [2.45, 2.75) is 47.3 Å². The van der Waals surface area contributed by atoms with Gasteiger partial charge in [0.2, 0.25) is 0 Å². The Morgan fingerprint density at radius 2 is 1.48 bits per heavy atom. The first-order chi connectivity index (χ1) is 19.7. The highest BCUT2D eigenvalue weighted by atomic mass is 32.2. The lowest BCUT2D eigenvalue weighted by Gasteiger charge is -2.43. The van der Waals surface area contributed by atoms with E-state index in [0.29, 0.717) is 23.0 Å². The molecule has 1 saturated carbocycles. The van der Waals surface area contributed by atoms with E-state index in [4.69, 9.17) is 0 Å². The average Bonchev–Trinajstić information content (AvgIpc) is 3.57. The highest BCUT2D eigenvalue weighted by molar-refractivity contribution is 7.92. The van der Waals surface area contributed by atoms with Crippen molar-refractivity contribution < 1.29 is 34.4 Å². The van der Waals surface area contributed by atoms with Gasteiger partial charge in [0.25, 0.3) is 10.0 Å². The van der Waals surface area contributed by atoms with Gasteiger partial charge in [0.15, 0.2) is 27.3 Å². The van der Waals surface area contributed by atoms with Crippen LogP contribution in [-0.4, -0.2) is 61.4 Å². The fourth-order valence-corrected chi connectivity index (χ4v) is 7.70. The smallest absolute Gasteiger partial charge is 0.283 e. The van der Waals surface area contributed by atoms with E-state index in [2.05, 4.69) is 10.1 Å². The zero-order valence-corrected chi connectivity index (χ0v) is 24.1. The number of hydrogen-bond acceptors (Lipinski definition) is 8. The molecule has 2 aliphatic rings. The predicted molar refractivity (Wildman–Crippen MR) is 147 cm³/mol. The van der Waals surface area contributed by atoms with Crippen LogP contribution >= 0.6 is 0 Å². The van der Waals surface area contributed by atoms with Crippen LogP contribution in [0.5, 0.6) is 0 Å². The third kappa shape index (κ3) is 4.49. The molecule has 0 atom stereocenters. The molecule has 15 heteroatoms. The van der Waals surface area contributed by atoms with Gasteiger partial charge in [-0.05, 0) is 51.0 Å². The maximum atomic E-state index is 15.3. The van der Waals surface area contributed by atoms with Gasteiger partial charge in [0.05, 0.1) is 37.7 Å². The Balaban J connectivity index is 1.42. The molecule has 0 unspecified atom stereocenters. The van der Waals surface area contributed by atoms with E-state index < -0.39 is 53.9 Å². The van der Waals surface area contributed by atoms with E-state index in [1.54, 1.807) is 9.80 Å². The van der Waals surface area contributed by atoms with Gasteiger partial charge in [-0.3, -0.25) is 0 Å². The van der Waals surface area contributed by atoms with Crippen LogP contribution in [0.15, 0.2) is 58.5 Å². The molecule has 0 radical (unpaired) electrons. The van der Waals surface area contributed by atoms with E-state index in [1.807, 2.05) is 0 Å². The van der Waals surface area contributed by atoms with Crippen LogP contribution < -0.4 is 9.80 Å². The first-order valence-corrected chi connectivity index (χ1v) is 16.0. The van der Waals surface area contributed by atoms with Gasteiger partial charge in [-0.2, -0.15) is 12.5 Å². The molecule has 2 aromatic heterocycles. The number of anilines is 2. The maximum absolute atomic E-state index is 15.3. The SMILES string of the molecule is CC(C)S(=O)(=O)c1ccc(S(=O)(=O)n2nc(N3CCN(c4ncc(F)cc4F)CC34CC4)c3c(F)cc(F)cc32)cc1. The summed E-state index contributed by atoms with van der Waals surface area (Å²) >= 11 is 0. The van der Waals surface area contributed by atoms with Gasteiger partial charge >= 0.3 is 0 Å². The number of benzene rings is 2. The molecule has 9 nitrogen and oxygen atoms in total. The Labute approximate surface area is 239 Å². The van der Waals surface area contributed by atoms with Gasteiger partial charge in [0.1, 0.15) is 17.5 Å². The van der Waals surface area contributed by atoms with E-state index in [0.717, 1.165) is 42.6 Å². The van der Waals surface area contributed by atoms with E-state index in [1.165, 1.54) is 13.8 Å². The Bertz CT molecular complexity index is 1940. The van der Waals surface area contributed by atoms with E-state index in [-0.39, 0.29) is 52.0 Å². The maximum Gasteiger partial charge on any atom is 0.283 e. The molecule has 0 bridgehead atoms. The minimum Gasteiger partial charge on any atom is -0.350 e. The number of pyridine rings is 1. The molecule has 1 aliphatic carbocycles. The van der Waals surface area contributed by atoms with Crippen molar-refractivity contribution in [1.29, 1.82) is 0 Å². The minimum atomic E-state index is -4.53. The zero-order valence-electron chi connectivity index (χ0n) is 22.4. The van der Waals surface area contributed by atoms with Crippen molar-refractivity contribution in [1.82, 2.24) is 14.2 Å². The van der Waals surface area contributed by atoms with Crippen LogP contribution in [0.25, 0.3) is 10.9 Å². The lowest BCUT2D eigenvalue weighted by molar-refractivity contribution is 0.489. The largest absolute Gasteiger partial charge is 0.350 e. The van der Waals surface area contributed by atoms with E-state index in [9.17, 15) is 30.0 Å². The summed E-state index contributed by atoms with van der Waals surface area (Å²) in [6.45, 7) is 3.59. The van der Waals surface area contributed by atoms with Crippen LogP contribution in [0.1, 0.15) is 26.7 Å². The Morgan fingerprint density at radius 3 is 2.10 bits per heavy atom. The first kappa shape index (κ1) is 28.4. The molecule has 2 fully saturated rings. The van der Waals surface area contributed by atoms with Gasteiger partial charge in [-0.1, -0.05) is 0 Å². The average molecular weight is 624 g/mol. The highest BCUT2D eigenvalue weighted by Crippen LogP contribution is 2.49. The van der Waals surface area contributed by atoms with Crippen molar-refractivity contribution in [3.63, 3.8) is 0 Å². The highest BCUT2D eigenvalue weighted by Gasteiger charge is 2.53. The molecule has 4 aromatic rings. The van der Waals surface area contributed by atoms with Crippen molar-refractivity contribution in [3.05, 3.63) is 71.9 Å². The van der Waals surface area contributed by atoms with Crippen molar-refractivity contribution in [2.75, 3.05) is 29.4 Å². The number of halogens is 4. The number of aromatic nitrogens is 3. The molecule has 1 spiro atoms. The Kier molecular flexibility index (Phi) is 6.53. The molecule has 0 amide bonds. The molecule has 1 saturated heterocycles. The molecule has 6 rings (SSSR count). The third-order valence-electron chi connectivity index (χ3n) is 7.77. The van der Waals surface area contributed by atoms with Gasteiger partial charge in [-0.25, -0.2) is 31.0 Å². The second-order valence-electron chi connectivity index (χ2n) is 10.8. The number of hydrogen-bond donors (Lipinski definition) is 0. The molecular weight excluding hydrogens is 598 g/mol. The molecular formula is C27H25F4N5O4S2. The number of fused-ring (bicyclic) bond motifs is 1. The van der Waals surface area contributed by atoms with Crippen molar-refractivity contribution >= 4 is 42.4 Å². The van der Waals surface area contributed by atoms with Crippen molar-refractivity contribution in [2.24, 2.45) is 0 Å². The Hall–Kier alpha value is -3.72. The third-order valence-corrected chi connectivity index (χ3v) is 11.5. The van der Waals surface area contributed by atoms with Crippen molar-refractivity contribution in [3.8, 4) is 0 Å². The molecule has 222 valence electrons.